The van der Waals surface area contributed by atoms with Gasteiger partial charge in [-0.25, -0.2) is 14.8 Å². The van der Waals surface area contributed by atoms with Crippen molar-refractivity contribution in [2.75, 3.05) is 32.9 Å². The fourth-order valence-corrected chi connectivity index (χ4v) is 4.07. The molecule has 0 atom stereocenters. The summed E-state index contributed by atoms with van der Waals surface area (Å²) in [5.41, 5.74) is 2.15. The molecule has 3 aromatic rings. The molecule has 0 spiro atoms. The molecule has 0 fully saturated rings. The molecule has 1 aromatic heterocycles. The number of nitrogens with one attached hydrogen (secondary N) is 1. The number of thioether (sulfide) groups is 2. The van der Waals surface area contributed by atoms with Crippen LogP contribution >= 0.6 is 23.5 Å². The highest BCUT2D eigenvalue weighted by Gasteiger charge is 2.22. The van der Waals surface area contributed by atoms with Crippen LogP contribution in [-0.2, 0) is 10.5 Å². The lowest BCUT2D eigenvalue weighted by Gasteiger charge is -2.15. The molecule has 31 heavy (non-hydrogen) atoms. The summed E-state index contributed by atoms with van der Waals surface area (Å²) in [6.07, 6.45) is 1.89. The lowest BCUT2D eigenvalue weighted by molar-refractivity contribution is 0.0596. The van der Waals surface area contributed by atoms with E-state index in [1.807, 2.05) is 54.8 Å². The molecule has 7 nitrogen and oxygen atoms in total. The second-order valence-corrected chi connectivity index (χ2v) is 7.96. The highest BCUT2D eigenvalue weighted by Crippen LogP contribution is 2.33. The Morgan fingerprint density at radius 2 is 1.55 bits per heavy atom. The van der Waals surface area contributed by atoms with E-state index in [9.17, 15) is 4.79 Å². The average Bonchev–Trinajstić information content (AvgIpc) is 2.82. The number of hydrogen-bond donors (Lipinski definition) is 1. The van der Waals surface area contributed by atoms with Crippen LogP contribution < -0.4 is 14.8 Å². The minimum Gasteiger partial charge on any atom is -0.497 e. The van der Waals surface area contributed by atoms with Crippen molar-refractivity contribution in [3.8, 4) is 11.5 Å². The monoisotopic (exact) mass is 457 g/mol. The number of carbonyl (C=O) groups is 1. The Morgan fingerprint density at radius 3 is 2.10 bits per heavy atom. The molecule has 0 bridgehead atoms. The number of ether oxygens (including phenoxy) is 3. The maximum Gasteiger partial charge on any atom is 0.344 e. The quantitative estimate of drug-likeness (QED) is 0.206. The SMILES string of the molecule is COC(=O)c1c(Nc2ccc(OC)cc2)nc(SC)nc1SCc1ccc(OC)cc1. The first kappa shape index (κ1) is 22.8. The molecule has 0 aliphatic rings. The van der Waals surface area contributed by atoms with Crippen LogP contribution in [0.25, 0.3) is 0 Å². The van der Waals surface area contributed by atoms with Gasteiger partial charge in [-0.3, -0.25) is 0 Å². The van der Waals surface area contributed by atoms with E-state index in [1.54, 1.807) is 14.2 Å². The number of benzene rings is 2. The number of anilines is 2. The molecular weight excluding hydrogens is 434 g/mol. The molecule has 9 heteroatoms. The minimum atomic E-state index is -0.499. The second kappa shape index (κ2) is 10.9. The van der Waals surface area contributed by atoms with Crippen LogP contribution in [0.5, 0.6) is 11.5 Å². The van der Waals surface area contributed by atoms with Crippen LogP contribution in [0.3, 0.4) is 0 Å². The molecule has 0 amide bonds. The van der Waals surface area contributed by atoms with Gasteiger partial charge in [-0.15, -0.1) is 11.8 Å². The Labute approximate surface area is 189 Å². The molecular formula is C22H23N3O4S2. The third kappa shape index (κ3) is 5.83. The van der Waals surface area contributed by atoms with Crippen LogP contribution in [0, 0.1) is 0 Å². The number of rotatable bonds is 9. The van der Waals surface area contributed by atoms with Crippen molar-refractivity contribution in [1.29, 1.82) is 0 Å². The highest BCUT2D eigenvalue weighted by atomic mass is 32.2. The minimum absolute atomic E-state index is 0.301. The summed E-state index contributed by atoms with van der Waals surface area (Å²) in [4.78, 5) is 21.7. The van der Waals surface area contributed by atoms with E-state index in [4.69, 9.17) is 14.2 Å². The summed E-state index contributed by atoms with van der Waals surface area (Å²) in [6.45, 7) is 0. The average molecular weight is 458 g/mol. The zero-order valence-electron chi connectivity index (χ0n) is 17.7. The predicted molar refractivity (Wildman–Crippen MR) is 124 cm³/mol. The van der Waals surface area contributed by atoms with Gasteiger partial charge in [0, 0.05) is 11.4 Å². The van der Waals surface area contributed by atoms with Gasteiger partial charge in [0.05, 0.1) is 21.3 Å². The van der Waals surface area contributed by atoms with Crippen molar-refractivity contribution in [2.45, 2.75) is 15.9 Å². The van der Waals surface area contributed by atoms with E-state index in [-0.39, 0.29) is 0 Å². The largest absolute Gasteiger partial charge is 0.497 e. The number of aromatic nitrogens is 2. The molecule has 0 aliphatic heterocycles. The summed E-state index contributed by atoms with van der Waals surface area (Å²) in [5, 5.41) is 4.33. The molecule has 0 aliphatic carbocycles. The smallest absolute Gasteiger partial charge is 0.344 e. The van der Waals surface area contributed by atoms with Gasteiger partial charge in [0.2, 0.25) is 0 Å². The number of hydrogen-bond acceptors (Lipinski definition) is 9. The number of carbonyl (C=O) groups excluding carboxylic acids is 1. The summed E-state index contributed by atoms with van der Waals surface area (Å²) in [7, 11) is 4.59. The topological polar surface area (TPSA) is 82.6 Å². The van der Waals surface area contributed by atoms with Crippen LogP contribution in [0.1, 0.15) is 15.9 Å². The lowest BCUT2D eigenvalue weighted by Crippen LogP contribution is -2.12. The van der Waals surface area contributed by atoms with E-state index >= 15 is 0 Å². The predicted octanol–water partition coefficient (Wildman–Crippen LogP) is 5.04. The summed E-state index contributed by atoms with van der Waals surface area (Å²) in [6, 6.07) is 15.1. The third-order valence-corrected chi connectivity index (χ3v) is 5.91. The van der Waals surface area contributed by atoms with Gasteiger partial charge in [0.1, 0.15) is 22.1 Å². The van der Waals surface area contributed by atoms with Gasteiger partial charge in [-0.1, -0.05) is 23.9 Å². The molecule has 0 saturated carbocycles. The first-order valence-corrected chi connectivity index (χ1v) is 11.5. The first-order chi connectivity index (χ1) is 15.1. The number of methoxy groups -OCH3 is 3. The van der Waals surface area contributed by atoms with Gasteiger partial charge in [-0.05, 0) is 48.2 Å². The molecule has 1 heterocycles. The van der Waals surface area contributed by atoms with E-state index in [0.29, 0.717) is 27.3 Å². The van der Waals surface area contributed by atoms with Crippen molar-refractivity contribution < 1.29 is 19.0 Å². The highest BCUT2D eigenvalue weighted by molar-refractivity contribution is 7.99. The van der Waals surface area contributed by atoms with Crippen molar-refractivity contribution in [3.05, 3.63) is 59.7 Å². The normalized spacial score (nSPS) is 10.5. The zero-order valence-corrected chi connectivity index (χ0v) is 19.3. The van der Waals surface area contributed by atoms with Crippen LogP contribution in [0.4, 0.5) is 11.5 Å². The van der Waals surface area contributed by atoms with Crippen LogP contribution in [0.15, 0.2) is 58.7 Å². The van der Waals surface area contributed by atoms with Crippen molar-refractivity contribution >= 4 is 41.0 Å². The fourth-order valence-electron chi connectivity index (χ4n) is 2.68. The molecule has 3 rings (SSSR count). The number of esters is 1. The third-order valence-electron chi connectivity index (χ3n) is 4.31. The van der Waals surface area contributed by atoms with Crippen LogP contribution in [0.2, 0.25) is 0 Å². The Kier molecular flexibility index (Phi) is 8.02. The van der Waals surface area contributed by atoms with Crippen molar-refractivity contribution in [1.82, 2.24) is 9.97 Å². The van der Waals surface area contributed by atoms with Gasteiger partial charge < -0.3 is 19.5 Å². The molecule has 1 N–H and O–H groups in total. The number of nitrogens with zero attached hydrogens (tertiary/aromatic N) is 2. The first-order valence-electron chi connectivity index (χ1n) is 9.29. The summed E-state index contributed by atoms with van der Waals surface area (Å²) in [5.74, 6) is 2.05. The molecule has 162 valence electrons. The van der Waals surface area contributed by atoms with Crippen molar-refractivity contribution in [3.63, 3.8) is 0 Å². The van der Waals surface area contributed by atoms with E-state index in [1.165, 1.54) is 30.6 Å². The lowest BCUT2D eigenvalue weighted by atomic mass is 10.2. The van der Waals surface area contributed by atoms with Gasteiger partial charge >= 0.3 is 5.97 Å². The van der Waals surface area contributed by atoms with Gasteiger partial charge in [0.25, 0.3) is 0 Å². The Bertz CT molecular complexity index is 1030. The Hall–Kier alpha value is -2.91. The van der Waals surface area contributed by atoms with Gasteiger partial charge in [-0.2, -0.15) is 0 Å². The maximum atomic E-state index is 12.6. The standard InChI is InChI=1S/C22H23N3O4S2/c1-27-16-9-5-14(6-10-16)13-31-20-18(21(26)29-3)19(24-22(25-20)30-4)23-15-7-11-17(28-2)12-8-15/h5-12H,13H2,1-4H3,(H,23,24,25). The fraction of sp³-hybridized carbons (Fsp3) is 0.227. The molecule has 2 aromatic carbocycles. The Balaban J connectivity index is 1.93. The molecule has 0 radical (unpaired) electrons. The summed E-state index contributed by atoms with van der Waals surface area (Å²) < 4.78 is 15.4. The second-order valence-electron chi connectivity index (χ2n) is 6.22. The zero-order chi connectivity index (χ0) is 22.2. The van der Waals surface area contributed by atoms with E-state index in [0.717, 1.165) is 22.7 Å². The Morgan fingerprint density at radius 1 is 0.935 bits per heavy atom. The van der Waals surface area contributed by atoms with Gasteiger partial charge in [0.15, 0.2) is 11.0 Å². The summed E-state index contributed by atoms with van der Waals surface area (Å²) >= 11 is 2.86. The molecule has 0 unspecified atom stereocenters. The molecule has 0 saturated heterocycles. The van der Waals surface area contributed by atoms with E-state index < -0.39 is 5.97 Å². The van der Waals surface area contributed by atoms with Crippen LogP contribution in [-0.4, -0.2) is 43.5 Å². The van der Waals surface area contributed by atoms with Crippen molar-refractivity contribution in [2.24, 2.45) is 0 Å². The maximum absolute atomic E-state index is 12.6. The van der Waals surface area contributed by atoms with E-state index in [2.05, 4.69) is 15.3 Å².